The molecule has 1 N–H and O–H groups in total. The van der Waals surface area contributed by atoms with E-state index in [2.05, 4.69) is 10.2 Å². The predicted octanol–water partition coefficient (Wildman–Crippen LogP) is 3.90. The zero-order valence-corrected chi connectivity index (χ0v) is 24.7. The van der Waals surface area contributed by atoms with E-state index in [0.717, 1.165) is 24.3 Å². The Kier molecular flexibility index (Phi) is 8.77. The molecule has 0 saturated carbocycles. The van der Waals surface area contributed by atoms with Crippen molar-refractivity contribution in [1.29, 1.82) is 0 Å². The zero-order chi connectivity index (χ0) is 30.6. The van der Waals surface area contributed by atoms with Crippen molar-refractivity contribution in [2.75, 3.05) is 55.1 Å². The lowest BCUT2D eigenvalue weighted by molar-refractivity contribution is -0.145. The number of Topliss-reactive ketones (excluding diaryl/α,β-unsaturated/α-hetero) is 1. The second-order valence-corrected chi connectivity index (χ2v) is 10.8. The highest BCUT2D eigenvalue weighted by Gasteiger charge is 2.43. The number of ether oxygens (including phenoxy) is 2. The summed E-state index contributed by atoms with van der Waals surface area (Å²) >= 11 is 0. The normalized spacial score (nSPS) is 16.0. The van der Waals surface area contributed by atoms with E-state index in [-0.39, 0.29) is 24.6 Å². The number of methoxy groups -OCH3 is 1. The fourth-order valence-corrected chi connectivity index (χ4v) is 5.39. The molecule has 224 valence electrons. The molecule has 0 aromatic heterocycles. The van der Waals surface area contributed by atoms with Crippen molar-refractivity contribution in [3.63, 3.8) is 0 Å². The number of hydrogen-bond donors (Lipinski definition) is 1. The number of benzene rings is 3. The molecule has 1 saturated heterocycles. The number of nitrogens with zero attached hydrogens (tertiary/aromatic N) is 3. The van der Waals surface area contributed by atoms with Gasteiger partial charge in [-0.1, -0.05) is 31.2 Å². The van der Waals surface area contributed by atoms with Crippen molar-refractivity contribution >= 4 is 40.6 Å². The number of para-hydroxylation sites is 1. The van der Waals surface area contributed by atoms with Gasteiger partial charge in [-0.2, -0.15) is 0 Å². The summed E-state index contributed by atoms with van der Waals surface area (Å²) in [6, 6.07) is 21.5. The molecule has 2 heterocycles. The maximum atomic E-state index is 14.1. The topological polar surface area (TPSA) is 108 Å². The highest BCUT2D eigenvalue weighted by Crippen LogP contribution is 2.31. The number of anilines is 3. The van der Waals surface area contributed by atoms with Crippen molar-refractivity contribution in [3.8, 4) is 5.75 Å². The molecule has 0 bridgehead atoms. The Hall–Kier alpha value is -4.70. The number of carbonyl (C=O) groups is 4. The van der Waals surface area contributed by atoms with Crippen LogP contribution in [0.15, 0.2) is 72.8 Å². The number of nitrogens with one attached hydrogen (secondary N) is 1. The SMILES string of the molecule is CC[C@@](C)(C(=O)Nc1ccc(N2CCOCC2)cc1)N(Cc1ccc(OC)cc1)C(=O)CN1C(=O)C(=O)c2ccccc21. The van der Waals surface area contributed by atoms with Crippen LogP contribution in [0.4, 0.5) is 17.1 Å². The first-order valence-corrected chi connectivity index (χ1v) is 14.4. The van der Waals surface area contributed by atoms with Crippen LogP contribution in [0, 0.1) is 0 Å². The van der Waals surface area contributed by atoms with Gasteiger partial charge < -0.3 is 24.6 Å². The number of amides is 3. The van der Waals surface area contributed by atoms with Crippen molar-refractivity contribution in [3.05, 3.63) is 83.9 Å². The summed E-state index contributed by atoms with van der Waals surface area (Å²) in [5.41, 5.74) is 1.79. The van der Waals surface area contributed by atoms with E-state index in [0.29, 0.717) is 36.8 Å². The second kappa shape index (κ2) is 12.7. The molecule has 3 amide bonds. The molecule has 3 aromatic rings. The summed E-state index contributed by atoms with van der Waals surface area (Å²) in [7, 11) is 1.57. The van der Waals surface area contributed by atoms with Crippen LogP contribution >= 0.6 is 0 Å². The summed E-state index contributed by atoms with van der Waals surface area (Å²) in [6.45, 7) is 6.24. The lowest BCUT2D eigenvalue weighted by Crippen LogP contribution is -2.58. The zero-order valence-electron chi connectivity index (χ0n) is 24.7. The van der Waals surface area contributed by atoms with Crippen molar-refractivity contribution < 1.29 is 28.7 Å². The maximum absolute atomic E-state index is 14.1. The lowest BCUT2D eigenvalue weighted by Gasteiger charge is -2.40. The second-order valence-electron chi connectivity index (χ2n) is 10.8. The molecule has 10 heteroatoms. The molecule has 1 atom stereocenters. The summed E-state index contributed by atoms with van der Waals surface area (Å²) in [5.74, 6) is -1.57. The van der Waals surface area contributed by atoms with Gasteiger partial charge >= 0.3 is 0 Å². The Morgan fingerprint density at radius 1 is 0.977 bits per heavy atom. The van der Waals surface area contributed by atoms with Gasteiger partial charge in [-0.3, -0.25) is 24.1 Å². The third-order valence-electron chi connectivity index (χ3n) is 8.25. The first-order chi connectivity index (χ1) is 20.7. The third-order valence-corrected chi connectivity index (χ3v) is 8.25. The minimum atomic E-state index is -1.29. The Balaban J connectivity index is 1.41. The Bertz CT molecular complexity index is 1500. The van der Waals surface area contributed by atoms with Crippen LogP contribution in [-0.4, -0.2) is 73.9 Å². The highest BCUT2D eigenvalue weighted by molar-refractivity contribution is 6.52. The van der Waals surface area contributed by atoms with Gasteiger partial charge in [-0.05, 0) is 67.4 Å². The van der Waals surface area contributed by atoms with E-state index < -0.39 is 23.1 Å². The maximum Gasteiger partial charge on any atom is 0.299 e. The van der Waals surface area contributed by atoms with Gasteiger partial charge in [0, 0.05) is 31.0 Å². The molecule has 43 heavy (non-hydrogen) atoms. The van der Waals surface area contributed by atoms with Crippen LogP contribution in [0.5, 0.6) is 5.75 Å². The number of carbonyl (C=O) groups excluding carboxylic acids is 4. The van der Waals surface area contributed by atoms with Crippen LogP contribution in [0.25, 0.3) is 0 Å². The number of rotatable bonds is 10. The van der Waals surface area contributed by atoms with E-state index in [9.17, 15) is 19.2 Å². The lowest BCUT2D eigenvalue weighted by atomic mass is 9.93. The van der Waals surface area contributed by atoms with Gasteiger partial charge in [0.05, 0.1) is 31.6 Å². The number of morpholine rings is 1. The monoisotopic (exact) mass is 584 g/mol. The number of ketones is 1. The molecule has 2 aliphatic heterocycles. The quantitative estimate of drug-likeness (QED) is 0.360. The first kappa shape index (κ1) is 29.8. The molecule has 2 aliphatic rings. The molecule has 0 spiro atoms. The standard InChI is InChI=1S/C33H36N4O6/c1-4-33(2,32(41)34-24-11-13-25(14-12-24)35-17-19-43-20-18-35)37(21-23-9-15-26(42-3)16-10-23)29(38)22-36-28-8-6-5-7-27(28)30(39)31(36)40/h5-16H,4,17-22H2,1-3H3,(H,34,41)/t33-/m0/s1. The third kappa shape index (κ3) is 6.10. The minimum Gasteiger partial charge on any atom is -0.497 e. The average Bonchev–Trinajstić information content (AvgIpc) is 3.29. The summed E-state index contributed by atoms with van der Waals surface area (Å²) in [4.78, 5) is 58.4. The predicted molar refractivity (Wildman–Crippen MR) is 163 cm³/mol. The first-order valence-electron chi connectivity index (χ1n) is 14.4. The largest absolute Gasteiger partial charge is 0.497 e. The number of hydrogen-bond acceptors (Lipinski definition) is 7. The fourth-order valence-electron chi connectivity index (χ4n) is 5.39. The van der Waals surface area contributed by atoms with E-state index in [1.807, 2.05) is 43.3 Å². The average molecular weight is 585 g/mol. The molecule has 0 radical (unpaired) electrons. The van der Waals surface area contributed by atoms with E-state index in [1.165, 1.54) is 9.80 Å². The van der Waals surface area contributed by atoms with Crippen LogP contribution < -0.4 is 19.9 Å². The summed E-state index contributed by atoms with van der Waals surface area (Å²) < 4.78 is 10.7. The van der Waals surface area contributed by atoms with E-state index >= 15 is 0 Å². The molecule has 0 unspecified atom stereocenters. The van der Waals surface area contributed by atoms with Gasteiger partial charge in [0.25, 0.3) is 11.7 Å². The Morgan fingerprint density at radius 3 is 2.30 bits per heavy atom. The summed E-state index contributed by atoms with van der Waals surface area (Å²) in [6.07, 6.45) is 0.302. The Labute approximate surface area is 251 Å². The van der Waals surface area contributed by atoms with Gasteiger partial charge in [0.2, 0.25) is 11.8 Å². The van der Waals surface area contributed by atoms with Gasteiger partial charge in [0.1, 0.15) is 17.8 Å². The minimum absolute atomic E-state index is 0.105. The smallest absolute Gasteiger partial charge is 0.299 e. The highest BCUT2D eigenvalue weighted by atomic mass is 16.5. The molecular weight excluding hydrogens is 548 g/mol. The molecular formula is C33H36N4O6. The van der Waals surface area contributed by atoms with E-state index in [4.69, 9.17) is 9.47 Å². The van der Waals surface area contributed by atoms with Crippen LogP contribution in [0.1, 0.15) is 36.2 Å². The van der Waals surface area contributed by atoms with Gasteiger partial charge in [-0.15, -0.1) is 0 Å². The van der Waals surface area contributed by atoms with Crippen LogP contribution in [0.3, 0.4) is 0 Å². The molecule has 1 fully saturated rings. The molecule has 0 aliphatic carbocycles. The summed E-state index contributed by atoms with van der Waals surface area (Å²) in [5, 5.41) is 3.00. The fraction of sp³-hybridized carbons (Fsp3) is 0.333. The van der Waals surface area contributed by atoms with Crippen molar-refractivity contribution in [2.45, 2.75) is 32.4 Å². The van der Waals surface area contributed by atoms with Crippen LogP contribution in [-0.2, 0) is 25.7 Å². The van der Waals surface area contributed by atoms with Crippen LogP contribution in [0.2, 0.25) is 0 Å². The molecule has 10 nitrogen and oxygen atoms in total. The number of fused-ring (bicyclic) bond motifs is 1. The van der Waals surface area contributed by atoms with Gasteiger partial charge in [0.15, 0.2) is 0 Å². The van der Waals surface area contributed by atoms with Crippen molar-refractivity contribution in [2.24, 2.45) is 0 Å². The van der Waals surface area contributed by atoms with Crippen molar-refractivity contribution in [1.82, 2.24) is 4.90 Å². The van der Waals surface area contributed by atoms with E-state index in [1.54, 1.807) is 50.4 Å². The molecule has 3 aromatic carbocycles. The Morgan fingerprint density at radius 2 is 1.65 bits per heavy atom. The van der Waals surface area contributed by atoms with Gasteiger partial charge in [-0.25, -0.2) is 0 Å². The molecule has 5 rings (SSSR count).